The maximum absolute atomic E-state index is 6.04. The van der Waals surface area contributed by atoms with Crippen LogP contribution >= 0.6 is 0 Å². The lowest BCUT2D eigenvalue weighted by Crippen LogP contribution is -1.90. The first-order chi connectivity index (χ1) is 10.7. The highest BCUT2D eigenvalue weighted by molar-refractivity contribution is 6.07. The molecule has 0 unspecified atom stereocenters. The number of para-hydroxylation sites is 1. The molecular formula is C19H16N2O. The lowest BCUT2D eigenvalue weighted by atomic mass is 10.0. The zero-order chi connectivity index (χ0) is 15.1. The number of benzene rings is 1. The first-order valence-electron chi connectivity index (χ1n) is 7.46. The summed E-state index contributed by atoms with van der Waals surface area (Å²) in [4.78, 5) is 8.97. The van der Waals surface area contributed by atoms with E-state index in [1.165, 1.54) is 5.56 Å². The summed E-state index contributed by atoms with van der Waals surface area (Å²) in [6.07, 6.45) is 3.66. The van der Waals surface area contributed by atoms with Crippen molar-refractivity contribution < 1.29 is 4.42 Å². The molecule has 3 heterocycles. The van der Waals surface area contributed by atoms with Crippen LogP contribution in [-0.4, -0.2) is 9.97 Å². The molecule has 0 aliphatic heterocycles. The largest absolute Gasteiger partial charge is 0.454 e. The van der Waals surface area contributed by atoms with Crippen LogP contribution in [0.1, 0.15) is 25.3 Å². The number of hydrogen-bond donors (Lipinski definition) is 0. The average Bonchev–Trinajstić information content (AvgIpc) is 2.93. The Morgan fingerprint density at radius 1 is 0.955 bits per heavy atom. The molecule has 0 fully saturated rings. The lowest BCUT2D eigenvalue weighted by molar-refractivity contribution is 0.669. The van der Waals surface area contributed by atoms with Gasteiger partial charge >= 0.3 is 0 Å². The summed E-state index contributed by atoms with van der Waals surface area (Å²) in [5.74, 6) is 0.471. The number of rotatable bonds is 2. The molecule has 4 aromatic rings. The summed E-state index contributed by atoms with van der Waals surface area (Å²) in [5, 5.41) is 1.03. The van der Waals surface area contributed by atoms with Crippen LogP contribution in [0.4, 0.5) is 0 Å². The Balaban J connectivity index is 2.01. The van der Waals surface area contributed by atoms with E-state index in [1.807, 2.05) is 30.5 Å². The molecular weight excluding hydrogens is 272 g/mol. The van der Waals surface area contributed by atoms with Crippen molar-refractivity contribution in [3.8, 4) is 11.3 Å². The Hall–Kier alpha value is -2.68. The standard InChI is InChI=1S/C19H16N2O/c1-12(2)13-8-10-20-16(11-13)14-5-3-6-15-18-17(22-19(14)15)7-4-9-21-18/h3-12H,1-2H3. The van der Waals surface area contributed by atoms with E-state index in [0.29, 0.717) is 5.92 Å². The first kappa shape index (κ1) is 13.0. The van der Waals surface area contributed by atoms with Crippen LogP contribution in [0, 0.1) is 0 Å². The van der Waals surface area contributed by atoms with Crippen molar-refractivity contribution >= 4 is 22.1 Å². The summed E-state index contributed by atoms with van der Waals surface area (Å²) in [7, 11) is 0. The highest BCUT2D eigenvalue weighted by Gasteiger charge is 2.13. The van der Waals surface area contributed by atoms with E-state index in [1.54, 1.807) is 6.20 Å². The minimum absolute atomic E-state index is 0.471. The molecule has 0 amide bonds. The molecule has 0 aliphatic carbocycles. The summed E-state index contributed by atoms with van der Waals surface area (Å²) < 4.78 is 6.04. The van der Waals surface area contributed by atoms with Crippen LogP contribution < -0.4 is 0 Å². The van der Waals surface area contributed by atoms with Gasteiger partial charge in [0.15, 0.2) is 5.58 Å². The summed E-state index contributed by atoms with van der Waals surface area (Å²) >= 11 is 0. The zero-order valence-electron chi connectivity index (χ0n) is 12.6. The van der Waals surface area contributed by atoms with Gasteiger partial charge < -0.3 is 4.42 Å². The van der Waals surface area contributed by atoms with E-state index in [9.17, 15) is 0 Å². The fraction of sp³-hybridized carbons (Fsp3) is 0.158. The average molecular weight is 288 g/mol. The second-order valence-corrected chi connectivity index (χ2v) is 5.76. The predicted octanol–water partition coefficient (Wildman–Crippen LogP) is 5.17. The molecule has 0 radical (unpaired) electrons. The highest BCUT2D eigenvalue weighted by atomic mass is 16.3. The van der Waals surface area contributed by atoms with Crippen LogP contribution in [0.2, 0.25) is 0 Å². The van der Waals surface area contributed by atoms with Crippen LogP contribution in [-0.2, 0) is 0 Å². The molecule has 108 valence electrons. The quantitative estimate of drug-likeness (QED) is 0.511. The van der Waals surface area contributed by atoms with E-state index in [2.05, 4.69) is 42.0 Å². The monoisotopic (exact) mass is 288 g/mol. The normalized spacial score (nSPS) is 11.6. The van der Waals surface area contributed by atoms with E-state index in [4.69, 9.17) is 4.42 Å². The molecule has 0 saturated carbocycles. The molecule has 0 spiro atoms. The fourth-order valence-electron chi connectivity index (χ4n) is 2.77. The number of nitrogens with zero attached hydrogens (tertiary/aromatic N) is 2. The van der Waals surface area contributed by atoms with Gasteiger partial charge in [0, 0.05) is 23.3 Å². The van der Waals surface area contributed by atoms with Crippen LogP contribution in [0.3, 0.4) is 0 Å². The molecule has 0 saturated heterocycles. The van der Waals surface area contributed by atoms with E-state index in [-0.39, 0.29) is 0 Å². The van der Waals surface area contributed by atoms with Crippen molar-refractivity contribution in [3.05, 3.63) is 60.4 Å². The molecule has 22 heavy (non-hydrogen) atoms. The summed E-state index contributed by atoms with van der Waals surface area (Å²) in [6.45, 7) is 4.37. The second kappa shape index (κ2) is 4.95. The smallest absolute Gasteiger partial charge is 0.153 e. The van der Waals surface area contributed by atoms with Gasteiger partial charge in [-0.15, -0.1) is 0 Å². The topological polar surface area (TPSA) is 38.9 Å². The van der Waals surface area contributed by atoms with Gasteiger partial charge in [-0.1, -0.05) is 19.9 Å². The minimum atomic E-state index is 0.471. The van der Waals surface area contributed by atoms with E-state index in [0.717, 1.165) is 33.3 Å². The van der Waals surface area contributed by atoms with E-state index >= 15 is 0 Å². The number of fused-ring (bicyclic) bond motifs is 3. The molecule has 4 rings (SSSR count). The Bertz CT molecular complexity index is 969. The van der Waals surface area contributed by atoms with Gasteiger partial charge in [0.25, 0.3) is 0 Å². The molecule has 0 bridgehead atoms. The molecule has 0 atom stereocenters. The molecule has 3 aromatic heterocycles. The lowest BCUT2D eigenvalue weighted by Gasteiger charge is -2.07. The van der Waals surface area contributed by atoms with E-state index < -0.39 is 0 Å². The number of pyridine rings is 2. The molecule has 0 N–H and O–H groups in total. The van der Waals surface area contributed by atoms with Crippen molar-refractivity contribution in [3.63, 3.8) is 0 Å². The van der Waals surface area contributed by atoms with Gasteiger partial charge in [0.1, 0.15) is 11.1 Å². The van der Waals surface area contributed by atoms with Crippen LogP contribution in [0.5, 0.6) is 0 Å². The molecule has 3 nitrogen and oxygen atoms in total. The third kappa shape index (κ3) is 1.98. The van der Waals surface area contributed by atoms with Gasteiger partial charge in [-0.3, -0.25) is 9.97 Å². The Morgan fingerprint density at radius 2 is 1.86 bits per heavy atom. The first-order valence-corrected chi connectivity index (χ1v) is 7.46. The predicted molar refractivity (Wildman–Crippen MR) is 88.8 cm³/mol. The highest BCUT2D eigenvalue weighted by Crippen LogP contribution is 2.34. The molecule has 1 aromatic carbocycles. The van der Waals surface area contributed by atoms with Gasteiger partial charge in [-0.05, 0) is 47.9 Å². The Labute approximate surface area is 128 Å². The Morgan fingerprint density at radius 3 is 2.73 bits per heavy atom. The van der Waals surface area contributed by atoms with Crippen molar-refractivity contribution in [1.82, 2.24) is 9.97 Å². The van der Waals surface area contributed by atoms with Crippen molar-refractivity contribution in [2.75, 3.05) is 0 Å². The van der Waals surface area contributed by atoms with Crippen LogP contribution in [0.15, 0.2) is 59.3 Å². The van der Waals surface area contributed by atoms with Gasteiger partial charge in [0.05, 0.1) is 5.69 Å². The van der Waals surface area contributed by atoms with Gasteiger partial charge in [0.2, 0.25) is 0 Å². The summed E-state index contributed by atoms with van der Waals surface area (Å²) in [5.41, 5.74) is 5.79. The van der Waals surface area contributed by atoms with Gasteiger partial charge in [-0.25, -0.2) is 0 Å². The Kier molecular flexibility index (Phi) is 2.93. The number of furan rings is 1. The van der Waals surface area contributed by atoms with Gasteiger partial charge in [-0.2, -0.15) is 0 Å². The van der Waals surface area contributed by atoms with Crippen molar-refractivity contribution in [1.29, 1.82) is 0 Å². The third-order valence-corrected chi connectivity index (χ3v) is 3.98. The third-order valence-electron chi connectivity index (χ3n) is 3.98. The maximum Gasteiger partial charge on any atom is 0.153 e. The zero-order valence-corrected chi connectivity index (χ0v) is 12.6. The maximum atomic E-state index is 6.04. The van der Waals surface area contributed by atoms with Crippen molar-refractivity contribution in [2.24, 2.45) is 0 Å². The SMILES string of the molecule is CC(C)c1ccnc(-c2cccc3c2oc2cccnc23)c1. The fourth-order valence-corrected chi connectivity index (χ4v) is 2.77. The number of hydrogen-bond acceptors (Lipinski definition) is 3. The minimum Gasteiger partial charge on any atom is -0.454 e. The second-order valence-electron chi connectivity index (χ2n) is 5.76. The summed E-state index contributed by atoms with van der Waals surface area (Å²) in [6, 6.07) is 14.2. The molecule has 0 aliphatic rings. The molecule has 3 heteroatoms. The van der Waals surface area contributed by atoms with Crippen LogP contribution in [0.25, 0.3) is 33.3 Å². The van der Waals surface area contributed by atoms with Crippen molar-refractivity contribution in [2.45, 2.75) is 19.8 Å². The number of aromatic nitrogens is 2.